The SMILES string of the molecule is NC(=O)c1cc(I)cc(NC=O)c1F. The van der Waals surface area contributed by atoms with Crippen molar-refractivity contribution in [2.24, 2.45) is 5.73 Å². The molecule has 0 heterocycles. The van der Waals surface area contributed by atoms with Crippen molar-refractivity contribution in [3.63, 3.8) is 0 Å². The minimum atomic E-state index is -0.866. The largest absolute Gasteiger partial charge is 0.366 e. The van der Waals surface area contributed by atoms with E-state index >= 15 is 0 Å². The van der Waals surface area contributed by atoms with Gasteiger partial charge in [0.15, 0.2) is 5.82 Å². The zero-order chi connectivity index (χ0) is 10.7. The van der Waals surface area contributed by atoms with Crippen molar-refractivity contribution in [3.8, 4) is 0 Å². The van der Waals surface area contributed by atoms with Gasteiger partial charge in [0.1, 0.15) is 0 Å². The topological polar surface area (TPSA) is 72.2 Å². The molecule has 14 heavy (non-hydrogen) atoms. The number of hydrogen-bond donors (Lipinski definition) is 2. The first-order chi connectivity index (χ1) is 6.56. The third-order valence-electron chi connectivity index (χ3n) is 1.52. The Kier molecular flexibility index (Phi) is 3.39. The number of nitrogens with two attached hydrogens (primary N) is 1. The molecule has 1 rings (SSSR count). The van der Waals surface area contributed by atoms with Crippen LogP contribution in [0, 0.1) is 9.39 Å². The lowest BCUT2D eigenvalue weighted by Crippen LogP contribution is -2.14. The van der Waals surface area contributed by atoms with E-state index in [2.05, 4.69) is 5.32 Å². The molecule has 74 valence electrons. The summed E-state index contributed by atoms with van der Waals surface area (Å²) in [6.45, 7) is 0. The number of benzene rings is 1. The Morgan fingerprint density at radius 3 is 2.71 bits per heavy atom. The highest BCUT2D eigenvalue weighted by Crippen LogP contribution is 2.21. The third-order valence-corrected chi connectivity index (χ3v) is 2.14. The molecule has 0 saturated carbocycles. The summed E-state index contributed by atoms with van der Waals surface area (Å²) in [6.07, 6.45) is 0.333. The van der Waals surface area contributed by atoms with Crippen LogP contribution in [0.25, 0.3) is 0 Å². The molecule has 0 radical (unpaired) electrons. The zero-order valence-corrected chi connectivity index (χ0v) is 9.04. The Labute approximate surface area is 92.8 Å². The molecule has 4 nitrogen and oxygen atoms in total. The van der Waals surface area contributed by atoms with Crippen LogP contribution in [0.3, 0.4) is 0 Å². The van der Waals surface area contributed by atoms with Gasteiger partial charge in [-0.25, -0.2) is 4.39 Å². The van der Waals surface area contributed by atoms with Crippen molar-refractivity contribution in [1.29, 1.82) is 0 Å². The lowest BCUT2D eigenvalue weighted by Gasteiger charge is -2.05. The average molecular weight is 308 g/mol. The fourth-order valence-corrected chi connectivity index (χ4v) is 1.56. The molecular formula is C8H6FIN2O2. The second-order valence-electron chi connectivity index (χ2n) is 2.44. The summed E-state index contributed by atoms with van der Waals surface area (Å²) in [5.74, 6) is -1.68. The van der Waals surface area contributed by atoms with Gasteiger partial charge in [-0.1, -0.05) is 0 Å². The highest BCUT2D eigenvalue weighted by molar-refractivity contribution is 14.1. The lowest BCUT2D eigenvalue weighted by atomic mass is 10.2. The van der Waals surface area contributed by atoms with Gasteiger partial charge in [-0.2, -0.15) is 0 Å². The summed E-state index contributed by atoms with van der Waals surface area (Å²) in [6, 6.07) is 2.71. The number of halogens is 2. The van der Waals surface area contributed by atoms with E-state index in [0.717, 1.165) is 0 Å². The molecule has 2 amide bonds. The van der Waals surface area contributed by atoms with Crippen LogP contribution in [-0.4, -0.2) is 12.3 Å². The summed E-state index contributed by atoms with van der Waals surface area (Å²) in [5.41, 5.74) is 4.66. The molecule has 0 spiro atoms. The molecule has 0 aliphatic rings. The van der Waals surface area contributed by atoms with Gasteiger partial charge in [0.25, 0.3) is 5.91 Å². The smallest absolute Gasteiger partial charge is 0.251 e. The molecule has 1 aromatic carbocycles. The number of nitrogens with one attached hydrogen (secondary N) is 1. The molecule has 0 bridgehead atoms. The predicted molar refractivity (Wildman–Crippen MR) is 57.3 cm³/mol. The zero-order valence-electron chi connectivity index (χ0n) is 6.88. The van der Waals surface area contributed by atoms with Crippen LogP contribution in [0.1, 0.15) is 10.4 Å². The molecule has 0 aliphatic heterocycles. The van der Waals surface area contributed by atoms with E-state index in [9.17, 15) is 14.0 Å². The number of hydrogen-bond acceptors (Lipinski definition) is 2. The minimum absolute atomic E-state index is 0.0549. The number of carbonyl (C=O) groups is 2. The van der Waals surface area contributed by atoms with E-state index in [-0.39, 0.29) is 11.3 Å². The summed E-state index contributed by atoms with van der Waals surface area (Å²) < 4.78 is 14.0. The summed E-state index contributed by atoms with van der Waals surface area (Å²) >= 11 is 1.89. The Bertz CT molecular complexity index is 395. The fraction of sp³-hybridized carbons (Fsp3) is 0. The van der Waals surface area contributed by atoms with Crippen molar-refractivity contribution in [1.82, 2.24) is 0 Å². The molecule has 3 N–H and O–H groups in total. The number of rotatable bonds is 3. The van der Waals surface area contributed by atoms with Crippen LogP contribution < -0.4 is 11.1 Å². The van der Waals surface area contributed by atoms with Gasteiger partial charge in [-0.15, -0.1) is 0 Å². The fourth-order valence-electron chi connectivity index (χ4n) is 0.937. The number of primary amides is 1. The maximum absolute atomic E-state index is 13.4. The first-order valence-electron chi connectivity index (χ1n) is 3.55. The molecule has 1 aromatic rings. The van der Waals surface area contributed by atoms with Gasteiger partial charge in [0, 0.05) is 3.57 Å². The number of amides is 2. The van der Waals surface area contributed by atoms with Crippen molar-refractivity contribution in [2.75, 3.05) is 5.32 Å². The Hall–Kier alpha value is -1.18. The predicted octanol–water partition coefficient (Wildman–Crippen LogP) is 1.10. The summed E-state index contributed by atoms with van der Waals surface area (Å²) in [5, 5.41) is 2.14. The van der Waals surface area contributed by atoms with Gasteiger partial charge in [0.2, 0.25) is 6.41 Å². The Morgan fingerprint density at radius 2 is 2.21 bits per heavy atom. The molecule has 0 aliphatic carbocycles. The molecule has 6 heteroatoms. The van der Waals surface area contributed by atoms with Gasteiger partial charge >= 0.3 is 0 Å². The van der Waals surface area contributed by atoms with E-state index in [0.29, 0.717) is 9.98 Å². The van der Waals surface area contributed by atoms with E-state index in [4.69, 9.17) is 5.73 Å². The molecule has 0 aromatic heterocycles. The van der Waals surface area contributed by atoms with Crippen LogP contribution in [0.15, 0.2) is 12.1 Å². The molecule has 0 fully saturated rings. The molecule has 0 saturated heterocycles. The van der Waals surface area contributed by atoms with Crippen molar-refractivity contribution >= 4 is 40.6 Å². The quantitative estimate of drug-likeness (QED) is 0.648. The van der Waals surface area contributed by atoms with Gasteiger partial charge in [0.05, 0.1) is 11.3 Å². The molecule has 0 atom stereocenters. The first-order valence-corrected chi connectivity index (χ1v) is 4.63. The Balaban J connectivity index is 3.31. The standard InChI is InChI=1S/C8H6FIN2O2/c9-7-5(8(11)14)1-4(10)2-6(7)12-3-13/h1-3H,(H2,11,14)(H,12,13). The van der Waals surface area contributed by atoms with Gasteiger partial charge in [-0.05, 0) is 34.7 Å². The normalized spacial score (nSPS) is 9.57. The number of carbonyl (C=O) groups excluding carboxylic acids is 2. The molecular weight excluding hydrogens is 302 g/mol. The van der Waals surface area contributed by atoms with Crippen LogP contribution in [0.4, 0.5) is 10.1 Å². The van der Waals surface area contributed by atoms with Crippen LogP contribution >= 0.6 is 22.6 Å². The highest BCUT2D eigenvalue weighted by atomic mass is 127. The first kappa shape index (κ1) is 10.9. The summed E-state index contributed by atoms with van der Waals surface area (Å²) in [7, 11) is 0. The second kappa shape index (κ2) is 4.36. The third kappa shape index (κ3) is 2.19. The second-order valence-corrected chi connectivity index (χ2v) is 3.69. The Morgan fingerprint density at radius 1 is 1.57 bits per heavy atom. The lowest BCUT2D eigenvalue weighted by molar-refractivity contribution is -0.105. The van der Waals surface area contributed by atoms with E-state index in [1.165, 1.54) is 12.1 Å². The van der Waals surface area contributed by atoms with Crippen molar-refractivity contribution < 1.29 is 14.0 Å². The maximum Gasteiger partial charge on any atom is 0.251 e. The van der Waals surface area contributed by atoms with Crippen molar-refractivity contribution in [3.05, 3.63) is 27.1 Å². The molecule has 0 unspecified atom stereocenters. The summed E-state index contributed by atoms with van der Waals surface area (Å²) in [4.78, 5) is 20.9. The van der Waals surface area contributed by atoms with E-state index in [1.54, 1.807) is 0 Å². The highest BCUT2D eigenvalue weighted by Gasteiger charge is 2.13. The van der Waals surface area contributed by atoms with Crippen LogP contribution in [-0.2, 0) is 4.79 Å². The van der Waals surface area contributed by atoms with Crippen LogP contribution in [0.5, 0.6) is 0 Å². The minimum Gasteiger partial charge on any atom is -0.366 e. The van der Waals surface area contributed by atoms with Gasteiger partial charge in [-0.3, -0.25) is 9.59 Å². The van der Waals surface area contributed by atoms with Crippen molar-refractivity contribution in [2.45, 2.75) is 0 Å². The number of anilines is 1. The monoisotopic (exact) mass is 308 g/mol. The van der Waals surface area contributed by atoms with Crippen LogP contribution in [0.2, 0.25) is 0 Å². The van der Waals surface area contributed by atoms with E-state index in [1.807, 2.05) is 22.6 Å². The van der Waals surface area contributed by atoms with Gasteiger partial charge < -0.3 is 11.1 Å². The average Bonchev–Trinajstić information content (AvgIpc) is 2.10. The van der Waals surface area contributed by atoms with E-state index < -0.39 is 11.7 Å². The maximum atomic E-state index is 13.4.